The van der Waals surface area contributed by atoms with Gasteiger partial charge < -0.3 is 9.63 Å². The topological polar surface area (TPSA) is 75.4 Å². The second kappa shape index (κ2) is 4.93. The lowest BCUT2D eigenvalue weighted by Crippen LogP contribution is -2.40. The molecule has 0 aliphatic carbocycles. The molecule has 0 aliphatic heterocycles. The summed E-state index contributed by atoms with van der Waals surface area (Å²) in [4.78, 5) is 10.9. The van der Waals surface area contributed by atoms with Gasteiger partial charge in [0.15, 0.2) is 0 Å². The van der Waals surface area contributed by atoms with Gasteiger partial charge in [-0.25, -0.2) is 0 Å². The van der Waals surface area contributed by atoms with Crippen molar-refractivity contribution in [2.24, 2.45) is 5.92 Å². The fourth-order valence-electron chi connectivity index (χ4n) is 1.32. The highest BCUT2D eigenvalue weighted by Crippen LogP contribution is 2.05. The number of nitrogens with zero attached hydrogens (tertiary/aromatic N) is 1. The minimum absolute atomic E-state index is 0.0375. The van der Waals surface area contributed by atoms with Gasteiger partial charge in [-0.1, -0.05) is 19.0 Å². The average Bonchev–Trinajstić information content (AvgIpc) is 2.50. The lowest BCUT2D eigenvalue weighted by Gasteiger charge is -2.16. The maximum Gasteiger partial charge on any atom is 0.320 e. The molecule has 1 unspecified atom stereocenters. The molecule has 1 aromatic heterocycles. The van der Waals surface area contributed by atoms with Crippen molar-refractivity contribution in [2.45, 2.75) is 33.4 Å². The number of hydrogen-bond donors (Lipinski definition) is 2. The molecule has 0 fully saturated rings. The average molecular weight is 212 g/mol. The van der Waals surface area contributed by atoms with E-state index in [-0.39, 0.29) is 5.92 Å². The van der Waals surface area contributed by atoms with E-state index in [2.05, 4.69) is 10.5 Å². The Balaban J connectivity index is 2.50. The van der Waals surface area contributed by atoms with Crippen molar-refractivity contribution in [1.82, 2.24) is 10.5 Å². The van der Waals surface area contributed by atoms with Crippen molar-refractivity contribution in [3.05, 3.63) is 17.5 Å². The van der Waals surface area contributed by atoms with Crippen LogP contribution in [-0.2, 0) is 11.3 Å². The van der Waals surface area contributed by atoms with Crippen LogP contribution in [0.5, 0.6) is 0 Å². The third-order valence-corrected chi connectivity index (χ3v) is 2.11. The van der Waals surface area contributed by atoms with Crippen LogP contribution < -0.4 is 5.32 Å². The van der Waals surface area contributed by atoms with Gasteiger partial charge in [0.25, 0.3) is 0 Å². The summed E-state index contributed by atoms with van der Waals surface area (Å²) in [6, 6.07) is 1.23. The number of aliphatic carboxylic acids is 1. The molecule has 2 N–H and O–H groups in total. The highest BCUT2D eigenvalue weighted by atomic mass is 16.5. The highest BCUT2D eigenvalue weighted by Gasteiger charge is 2.20. The lowest BCUT2D eigenvalue weighted by molar-refractivity contribution is -0.140. The Bertz CT molecular complexity index is 333. The first-order chi connectivity index (χ1) is 7.00. The molecule has 0 spiro atoms. The van der Waals surface area contributed by atoms with Crippen LogP contribution in [0.2, 0.25) is 0 Å². The van der Waals surface area contributed by atoms with Gasteiger partial charge in [0.2, 0.25) is 0 Å². The number of hydrogen-bond acceptors (Lipinski definition) is 4. The van der Waals surface area contributed by atoms with E-state index in [1.165, 1.54) is 0 Å². The largest absolute Gasteiger partial charge is 0.480 e. The Kier molecular flexibility index (Phi) is 3.85. The molecular weight excluding hydrogens is 196 g/mol. The van der Waals surface area contributed by atoms with Crippen LogP contribution in [-0.4, -0.2) is 22.3 Å². The van der Waals surface area contributed by atoms with Crippen molar-refractivity contribution >= 4 is 5.97 Å². The Morgan fingerprint density at radius 2 is 2.33 bits per heavy atom. The van der Waals surface area contributed by atoms with Crippen LogP contribution in [0.1, 0.15) is 25.3 Å². The second-order valence-corrected chi connectivity index (χ2v) is 3.87. The summed E-state index contributed by atoms with van der Waals surface area (Å²) in [5.41, 5.74) is 0.722. The van der Waals surface area contributed by atoms with Crippen LogP contribution in [0.3, 0.4) is 0 Å². The number of rotatable bonds is 5. The normalized spacial score (nSPS) is 13.1. The van der Waals surface area contributed by atoms with Gasteiger partial charge in [0.05, 0.1) is 5.69 Å². The molecule has 1 rings (SSSR count). The number of nitrogens with one attached hydrogen (secondary N) is 1. The highest BCUT2D eigenvalue weighted by molar-refractivity contribution is 5.73. The molecule has 0 radical (unpaired) electrons. The monoisotopic (exact) mass is 212 g/mol. The SMILES string of the molecule is Cc1cc(CNC(C(=O)O)C(C)C)no1. The number of carboxylic acid groups (broad SMARTS) is 1. The van der Waals surface area contributed by atoms with E-state index in [1.54, 1.807) is 13.0 Å². The van der Waals surface area contributed by atoms with Gasteiger partial charge in [-0.3, -0.25) is 10.1 Å². The molecule has 84 valence electrons. The number of aryl methyl sites for hydroxylation is 1. The first-order valence-electron chi connectivity index (χ1n) is 4.89. The molecule has 0 aliphatic rings. The Morgan fingerprint density at radius 3 is 2.73 bits per heavy atom. The van der Waals surface area contributed by atoms with Crippen molar-refractivity contribution in [3.8, 4) is 0 Å². The summed E-state index contributed by atoms with van der Waals surface area (Å²) in [5.74, 6) is -0.0797. The van der Waals surface area contributed by atoms with Gasteiger partial charge >= 0.3 is 5.97 Å². The molecule has 0 bridgehead atoms. The van der Waals surface area contributed by atoms with E-state index in [0.29, 0.717) is 6.54 Å². The van der Waals surface area contributed by atoms with E-state index in [1.807, 2.05) is 13.8 Å². The molecule has 0 aromatic carbocycles. The molecular formula is C10H16N2O3. The first-order valence-corrected chi connectivity index (χ1v) is 4.89. The minimum atomic E-state index is -0.842. The maximum absolute atomic E-state index is 10.9. The Morgan fingerprint density at radius 1 is 1.67 bits per heavy atom. The third kappa shape index (κ3) is 3.36. The van der Waals surface area contributed by atoms with E-state index in [0.717, 1.165) is 11.5 Å². The van der Waals surface area contributed by atoms with Crippen molar-refractivity contribution in [1.29, 1.82) is 0 Å². The Hall–Kier alpha value is -1.36. The molecule has 0 amide bonds. The van der Waals surface area contributed by atoms with E-state index in [4.69, 9.17) is 9.63 Å². The third-order valence-electron chi connectivity index (χ3n) is 2.11. The van der Waals surface area contributed by atoms with Crippen LogP contribution in [0, 0.1) is 12.8 Å². The molecule has 0 saturated heterocycles. The molecule has 5 heteroatoms. The smallest absolute Gasteiger partial charge is 0.320 e. The van der Waals surface area contributed by atoms with E-state index < -0.39 is 12.0 Å². The van der Waals surface area contributed by atoms with Crippen molar-refractivity contribution in [2.75, 3.05) is 0 Å². The predicted octanol–water partition coefficient (Wildman–Crippen LogP) is 1.18. The fraction of sp³-hybridized carbons (Fsp3) is 0.600. The standard InChI is InChI=1S/C10H16N2O3/c1-6(2)9(10(13)14)11-5-8-4-7(3)15-12-8/h4,6,9,11H,5H2,1-3H3,(H,13,14). The fourth-order valence-corrected chi connectivity index (χ4v) is 1.32. The molecule has 1 atom stereocenters. The van der Waals surface area contributed by atoms with Gasteiger partial charge in [-0.15, -0.1) is 0 Å². The zero-order valence-corrected chi connectivity index (χ0v) is 9.15. The minimum Gasteiger partial charge on any atom is -0.480 e. The lowest BCUT2D eigenvalue weighted by atomic mass is 10.0. The summed E-state index contributed by atoms with van der Waals surface area (Å²) in [6.45, 7) is 5.93. The van der Waals surface area contributed by atoms with E-state index >= 15 is 0 Å². The second-order valence-electron chi connectivity index (χ2n) is 3.87. The van der Waals surface area contributed by atoms with Crippen LogP contribution >= 0.6 is 0 Å². The molecule has 5 nitrogen and oxygen atoms in total. The first kappa shape index (κ1) is 11.7. The molecule has 1 aromatic rings. The number of aromatic nitrogens is 1. The Labute approximate surface area is 88.5 Å². The molecule has 15 heavy (non-hydrogen) atoms. The van der Waals surface area contributed by atoms with Crippen LogP contribution in [0.25, 0.3) is 0 Å². The zero-order chi connectivity index (χ0) is 11.4. The maximum atomic E-state index is 10.9. The number of carbonyl (C=O) groups is 1. The molecule has 1 heterocycles. The summed E-state index contributed by atoms with van der Waals surface area (Å²) in [7, 11) is 0. The quantitative estimate of drug-likeness (QED) is 0.766. The summed E-state index contributed by atoms with van der Waals surface area (Å²) in [5, 5.41) is 15.6. The van der Waals surface area contributed by atoms with Crippen LogP contribution in [0.15, 0.2) is 10.6 Å². The van der Waals surface area contributed by atoms with Crippen molar-refractivity contribution < 1.29 is 14.4 Å². The van der Waals surface area contributed by atoms with Crippen molar-refractivity contribution in [3.63, 3.8) is 0 Å². The van der Waals surface area contributed by atoms with Gasteiger partial charge in [0.1, 0.15) is 11.8 Å². The van der Waals surface area contributed by atoms with Gasteiger partial charge in [0, 0.05) is 12.6 Å². The van der Waals surface area contributed by atoms with Crippen LogP contribution in [0.4, 0.5) is 0 Å². The van der Waals surface area contributed by atoms with Gasteiger partial charge in [-0.2, -0.15) is 0 Å². The summed E-state index contributed by atoms with van der Waals surface area (Å²) in [6.07, 6.45) is 0. The molecule has 0 saturated carbocycles. The summed E-state index contributed by atoms with van der Waals surface area (Å²) >= 11 is 0. The van der Waals surface area contributed by atoms with Gasteiger partial charge in [-0.05, 0) is 12.8 Å². The predicted molar refractivity (Wildman–Crippen MR) is 54.3 cm³/mol. The summed E-state index contributed by atoms with van der Waals surface area (Å²) < 4.78 is 4.88. The zero-order valence-electron chi connectivity index (χ0n) is 9.15. The number of carboxylic acids is 1. The van der Waals surface area contributed by atoms with E-state index in [9.17, 15) is 4.79 Å².